The van der Waals surface area contributed by atoms with E-state index in [1.807, 2.05) is 112 Å². The van der Waals surface area contributed by atoms with Crippen molar-refractivity contribution in [3.05, 3.63) is 108 Å². The number of hydrogen-bond acceptors (Lipinski definition) is 4. The minimum Gasteiger partial charge on any atom is -0.458 e. The first kappa shape index (κ1) is 25.4. The lowest BCUT2D eigenvalue weighted by Gasteiger charge is -2.29. The number of amides is 1. The molecule has 5 heteroatoms. The lowest BCUT2D eigenvalue weighted by Crippen LogP contribution is -2.47. The van der Waals surface area contributed by atoms with Crippen LogP contribution in [0.3, 0.4) is 0 Å². The highest BCUT2D eigenvalue weighted by Gasteiger charge is 2.39. The molecule has 0 aromatic heterocycles. The normalized spacial score (nSPS) is 16.3. The van der Waals surface area contributed by atoms with E-state index in [1.165, 1.54) is 0 Å². The number of carbonyl (C=O) groups is 2. The highest BCUT2D eigenvalue weighted by molar-refractivity contribution is 6.13. The van der Waals surface area contributed by atoms with E-state index >= 15 is 0 Å². The summed E-state index contributed by atoms with van der Waals surface area (Å²) in [6.07, 6.45) is 1.81. The van der Waals surface area contributed by atoms with Crippen molar-refractivity contribution in [1.82, 2.24) is 4.90 Å². The molecule has 0 unspecified atom stereocenters. The molecule has 0 bridgehead atoms. The first-order chi connectivity index (χ1) is 17.3. The molecule has 3 aromatic rings. The molecule has 0 spiro atoms. The third-order valence-corrected chi connectivity index (χ3v) is 6.15. The smallest absolute Gasteiger partial charge is 0.329 e. The highest BCUT2D eigenvalue weighted by atomic mass is 16.6. The van der Waals surface area contributed by atoms with Crippen LogP contribution < -0.4 is 0 Å². The molecule has 1 heterocycles. The van der Waals surface area contributed by atoms with Crippen LogP contribution in [0.15, 0.2) is 96.0 Å². The monoisotopic (exact) mass is 482 g/mol. The molecular formula is C31H34N2O3. The minimum absolute atomic E-state index is 0.142. The van der Waals surface area contributed by atoms with Crippen LogP contribution in [0.4, 0.5) is 0 Å². The van der Waals surface area contributed by atoms with E-state index in [0.717, 1.165) is 28.8 Å². The second kappa shape index (κ2) is 11.3. The van der Waals surface area contributed by atoms with Crippen LogP contribution in [0.25, 0.3) is 0 Å². The van der Waals surface area contributed by atoms with Crippen LogP contribution in [0.5, 0.6) is 0 Å². The topological polar surface area (TPSA) is 59.0 Å². The number of carbonyl (C=O) groups excluding carboxylic acids is 2. The molecule has 4 rings (SSSR count). The Morgan fingerprint density at radius 2 is 1.42 bits per heavy atom. The van der Waals surface area contributed by atoms with E-state index in [4.69, 9.17) is 9.73 Å². The van der Waals surface area contributed by atoms with Crippen molar-refractivity contribution >= 4 is 17.6 Å². The fraction of sp³-hybridized carbons (Fsp3) is 0.323. The summed E-state index contributed by atoms with van der Waals surface area (Å²) in [7, 11) is 0. The Morgan fingerprint density at radius 1 is 0.889 bits per heavy atom. The van der Waals surface area contributed by atoms with Gasteiger partial charge in [0.2, 0.25) is 5.91 Å². The van der Waals surface area contributed by atoms with Gasteiger partial charge in [-0.25, -0.2) is 4.79 Å². The highest BCUT2D eigenvalue weighted by Crippen LogP contribution is 2.24. The molecule has 0 saturated carbocycles. The van der Waals surface area contributed by atoms with Crippen molar-refractivity contribution < 1.29 is 14.3 Å². The van der Waals surface area contributed by atoms with Gasteiger partial charge in [0, 0.05) is 24.1 Å². The van der Waals surface area contributed by atoms with Crippen LogP contribution in [0.1, 0.15) is 50.3 Å². The molecule has 1 aliphatic heterocycles. The number of ether oxygens (including phenoxy) is 1. The molecule has 1 amide bonds. The fourth-order valence-electron chi connectivity index (χ4n) is 4.53. The lowest BCUT2D eigenvalue weighted by molar-refractivity contribution is -0.163. The van der Waals surface area contributed by atoms with Gasteiger partial charge in [-0.3, -0.25) is 9.79 Å². The summed E-state index contributed by atoms with van der Waals surface area (Å²) < 4.78 is 5.65. The molecule has 1 saturated heterocycles. The van der Waals surface area contributed by atoms with Crippen LogP contribution in [0.2, 0.25) is 0 Å². The maximum Gasteiger partial charge on any atom is 0.329 e. The predicted molar refractivity (Wildman–Crippen MR) is 143 cm³/mol. The van der Waals surface area contributed by atoms with E-state index in [0.29, 0.717) is 19.4 Å². The average Bonchev–Trinajstić information content (AvgIpc) is 3.37. The Morgan fingerprint density at radius 3 is 1.94 bits per heavy atom. The summed E-state index contributed by atoms with van der Waals surface area (Å²) in [6, 6.07) is 28.5. The van der Waals surface area contributed by atoms with E-state index in [9.17, 15) is 9.59 Å². The van der Waals surface area contributed by atoms with Gasteiger partial charge in [-0.05, 0) is 39.2 Å². The van der Waals surface area contributed by atoms with Gasteiger partial charge < -0.3 is 9.64 Å². The van der Waals surface area contributed by atoms with Crippen LogP contribution in [-0.2, 0) is 20.7 Å². The molecule has 1 aliphatic rings. The summed E-state index contributed by atoms with van der Waals surface area (Å²) in [4.78, 5) is 33.8. The van der Waals surface area contributed by atoms with Crippen molar-refractivity contribution in [2.24, 2.45) is 4.99 Å². The van der Waals surface area contributed by atoms with Crippen LogP contribution >= 0.6 is 0 Å². The zero-order valence-corrected chi connectivity index (χ0v) is 21.3. The fourth-order valence-corrected chi connectivity index (χ4v) is 4.53. The van der Waals surface area contributed by atoms with E-state index in [2.05, 4.69) is 0 Å². The second-order valence-electron chi connectivity index (χ2n) is 10.1. The molecule has 186 valence electrons. The number of likely N-dealkylation sites (tertiary alicyclic amines) is 1. The number of nitrogens with zero attached hydrogens (tertiary/aromatic N) is 2. The van der Waals surface area contributed by atoms with Crippen molar-refractivity contribution in [3.63, 3.8) is 0 Å². The molecule has 5 nitrogen and oxygen atoms in total. The molecule has 1 fully saturated rings. The van der Waals surface area contributed by atoms with Gasteiger partial charge in [0.25, 0.3) is 0 Å². The number of benzene rings is 3. The van der Waals surface area contributed by atoms with E-state index in [1.54, 1.807) is 4.90 Å². The number of aliphatic imine (C=N–C) groups is 1. The lowest BCUT2D eigenvalue weighted by atomic mass is 10.00. The minimum atomic E-state index is -0.675. The van der Waals surface area contributed by atoms with Crippen LogP contribution in [-0.4, -0.2) is 46.7 Å². The van der Waals surface area contributed by atoms with Gasteiger partial charge in [-0.15, -0.1) is 0 Å². The maximum atomic E-state index is 14.0. The Balaban J connectivity index is 1.73. The summed E-state index contributed by atoms with van der Waals surface area (Å²) in [6.45, 7) is 6.07. The summed E-state index contributed by atoms with van der Waals surface area (Å²) >= 11 is 0. The summed E-state index contributed by atoms with van der Waals surface area (Å²) in [5.41, 5.74) is 3.06. The molecular weight excluding hydrogens is 448 g/mol. The first-order valence-electron chi connectivity index (χ1n) is 12.6. The average molecular weight is 483 g/mol. The van der Waals surface area contributed by atoms with Gasteiger partial charge in [-0.2, -0.15) is 0 Å². The van der Waals surface area contributed by atoms with E-state index < -0.39 is 17.7 Å². The SMILES string of the molecule is CC(C)(C)OC(=O)[C@@H]1CCCN1C(=O)[C@@H](Cc1ccccc1)N=C(c1ccccc1)c1ccccc1. The van der Waals surface area contributed by atoms with Gasteiger partial charge in [0.05, 0.1) is 5.71 Å². The van der Waals surface area contributed by atoms with Gasteiger partial charge in [-0.1, -0.05) is 91.0 Å². The van der Waals surface area contributed by atoms with Crippen molar-refractivity contribution in [1.29, 1.82) is 0 Å². The Labute approximate surface area is 213 Å². The van der Waals surface area contributed by atoms with E-state index in [-0.39, 0.29) is 11.9 Å². The standard InChI is InChI=1S/C31H34N2O3/c1-31(2,3)36-30(35)27-20-13-21-33(27)29(34)26(22-23-14-7-4-8-15-23)32-28(24-16-9-5-10-17-24)25-18-11-6-12-19-25/h4-12,14-19,26-27H,13,20-22H2,1-3H3/t26-,27+/m1/s1. The number of esters is 1. The Kier molecular flexibility index (Phi) is 7.99. The largest absolute Gasteiger partial charge is 0.458 e. The third kappa shape index (κ3) is 6.48. The summed E-state index contributed by atoms with van der Waals surface area (Å²) in [5.74, 6) is -0.487. The quantitative estimate of drug-likeness (QED) is 0.332. The predicted octanol–water partition coefficient (Wildman–Crippen LogP) is 5.47. The van der Waals surface area contributed by atoms with Gasteiger partial charge in [0.15, 0.2) is 0 Å². The van der Waals surface area contributed by atoms with Crippen molar-refractivity contribution in [2.75, 3.05) is 6.54 Å². The maximum absolute atomic E-state index is 14.0. The first-order valence-corrected chi connectivity index (χ1v) is 12.6. The van der Waals surface area contributed by atoms with Gasteiger partial charge >= 0.3 is 5.97 Å². The third-order valence-electron chi connectivity index (χ3n) is 6.15. The van der Waals surface area contributed by atoms with Crippen LogP contribution in [0, 0.1) is 0 Å². The molecule has 2 atom stereocenters. The molecule has 36 heavy (non-hydrogen) atoms. The molecule has 0 N–H and O–H groups in total. The second-order valence-corrected chi connectivity index (χ2v) is 10.1. The van der Waals surface area contributed by atoms with Gasteiger partial charge in [0.1, 0.15) is 17.7 Å². The van der Waals surface area contributed by atoms with Crippen molar-refractivity contribution in [3.8, 4) is 0 Å². The van der Waals surface area contributed by atoms with Crippen molar-refractivity contribution in [2.45, 2.75) is 57.7 Å². The zero-order valence-electron chi connectivity index (χ0n) is 21.3. The summed E-state index contributed by atoms with van der Waals surface area (Å²) in [5, 5.41) is 0. The Hall–Kier alpha value is -3.73. The Bertz CT molecular complexity index is 1140. The molecule has 3 aromatic carbocycles. The number of hydrogen-bond donors (Lipinski definition) is 0. The molecule has 0 aliphatic carbocycles. The number of rotatable bonds is 7. The molecule has 0 radical (unpaired) electrons. The zero-order chi connectivity index (χ0) is 25.5.